The Balaban J connectivity index is 2.30. The van der Waals surface area contributed by atoms with E-state index < -0.39 is 15.3 Å². The quantitative estimate of drug-likeness (QED) is 0.878. The molecule has 1 N–H and O–H groups in total. The van der Waals surface area contributed by atoms with Crippen molar-refractivity contribution in [2.24, 2.45) is 0 Å². The molecule has 1 aliphatic rings. The highest BCUT2D eigenvalue weighted by atomic mass is 32.2. The van der Waals surface area contributed by atoms with Gasteiger partial charge in [-0.05, 0) is 17.7 Å². The van der Waals surface area contributed by atoms with Crippen LogP contribution >= 0.6 is 0 Å². The Bertz CT molecular complexity index is 572. The average molecular weight is 313 g/mol. The summed E-state index contributed by atoms with van der Waals surface area (Å²) in [6, 6.07) is 7.58. The number of anilines is 1. The van der Waals surface area contributed by atoms with Crippen LogP contribution in [0.1, 0.15) is 18.5 Å². The molecule has 7 heteroatoms. The van der Waals surface area contributed by atoms with Gasteiger partial charge in [0.1, 0.15) is 5.25 Å². The molecule has 0 radical (unpaired) electrons. The predicted octanol–water partition coefficient (Wildman–Crippen LogP) is 0.979. The summed E-state index contributed by atoms with van der Waals surface area (Å²) in [6.45, 7) is 2.33. The molecular formula is C14H23N3O3S. The van der Waals surface area contributed by atoms with Crippen LogP contribution in [0.15, 0.2) is 24.3 Å². The van der Waals surface area contributed by atoms with Crippen LogP contribution in [0.25, 0.3) is 0 Å². The van der Waals surface area contributed by atoms with Gasteiger partial charge in [-0.3, -0.25) is 4.84 Å². The second kappa shape index (κ2) is 6.31. The van der Waals surface area contributed by atoms with E-state index in [9.17, 15) is 8.42 Å². The zero-order valence-electron chi connectivity index (χ0n) is 12.9. The van der Waals surface area contributed by atoms with Gasteiger partial charge in [0.15, 0.2) is 0 Å². The highest BCUT2D eigenvalue weighted by molar-refractivity contribution is 7.90. The summed E-state index contributed by atoms with van der Waals surface area (Å²) in [6.07, 6.45) is 0. The summed E-state index contributed by atoms with van der Waals surface area (Å²) in [5.41, 5.74) is 2.01. The molecule has 6 nitrogen and oxygen atoms in total. The van der Waals surface area contributed by atoms with Crippen LogP contribution in [0.5, 0.6) is 0 Å². The van der Waals surface area contributed by atoms with Gasteiger partial charge in [-0.25, -0.2) is 13.1 Å². The van der Waals surface area contributed by atoms with E-state index in [0.29, 0.717) is 6.54 Å². The fourth-order valence-corrected chi connectivity index (χ4v) is 4.08. The Morgan fingerprint density at radius 3 is 2.48 bits per heavy atom. The zero-order valence-corrected chi connectivity index (χ0v) is 13.7. The SMILES string of the molecule is CCNS(=O)(=O)[C@@H]1CON(C)[C@@H]1c1ccc(N(C)C)cc1. The number of hydrogen-bond donors (Lipinski definition) is 1. The summed E-state index contributed by atoms with van der Waals surface area (Å²) in [5.74, 6) is 0. The summed E-state index contributed by atoms with van der Waals surface area (Å²) in [4.78, 5) is 7.45. The summed E-state index contributed by atoms with van der Waals surface area (Å²) in [5, 5.41) is 1.03. The number of benzene rings is 1. The maximum absolute atomic E-state index is 12.3. The van der Waals surface area contributed by atoms with Crippen molar-refractivity contribution in [3.8, 4) is 0 Å². The van der Waals surface area contributed by atoms with E-state index in [2.05, 4.69) is 4.72 Å². The fraction of sp³-hybridized carbons (Fsp3) is 0.571. The van der Waals surface area contributed by atoms with Crippen LogP contribution in [0.4, 0.5) is 5.69 Å². The Morgan fingerprint density at radius 2 is 1.95 bits per heavy atom. The van der Waals surface area contributed by atoms with Crippen LogP contribution in [0.3, 0.4) is 0 Å². The van der Waals surface area contributed by atoms with E-state index in [4.69, 9.17) is 4.84 Å². The van der Waals surface area contributed by atoms with Crippen molar-refractivity contribution in [3.05, 3.63) is 29.8 Å². The van der Waals surface area contributed by atoms with Gasteiger partial charge in [-0.2, -0.15) is 5.06 Å². The van der Waals surface area contributed by atoms with Gasteiger partial charge in [-0.1, -0.05) is 19.1 Å². The molecule has 118 valence electrons. The van der Waals surface area contributed by atoms with Crippen LogP contribution in [0, 0.1) is 0 Å². The molecule has 1 fully saturated rings. The molecule has 2 atom stereocenters. The van der Waals surface area contributed by atoms with Gasteiger partial charge < -0.3 is 4.90 Å². The lowest BCUT2D eigenvalue weighted by Crippen LogP contribution is -2.39. The maximum Gasteiger partial charge on any atom is 0.218 e. The zero-order chi connectivity index (χ0) is 15.6. The van der Waals surface area contributed by atoms with Crippen molar-refractivity contribution >= 4 is 15.7 Å². The van der Waals surface area contributed by atoms with Gasteiger partial charge in [0.25, 0.3) is 0 Å². The van der Waals surface area contributed by atoms with E-state index in [1.165, 1.54) is 0 Å². The lowest BCUT2D eigenvalue weighted by atomic mass is 10.0. The molecule has 2 rings (SSSR count). The second-order valence-corrected chi connectivity index (χ2v) is 7.34. The fourth-order valence-electron chi connectivity index (χ4n) is 2.56. The molecule has 1 saturated heterocycles. The first-order valence-corrected chi connectivity index (χ1v) is 8.53. The second-order valence-electron chi connectivity index (χ2n) is 5.35. The van der Waals surface area contributed by atoms with Gasteiger partial charge in [0, 0.05) is 33.4 Å². The number of nitrogens with one attached hydrogen (secondary N) is 1. The molecule has 0 saturated carbocycles. The predicted molar refractivity (Wildman–Crippen MR) is 83.6 cm³/mol. The molecule has 0 bridgehead atoms. The molecule has 0 spiro atoms. The first-order chi connectivity index (χ1) is 9.86. The maximum atomic E-state index is 12.3. The third-order valence-electron chi connectivity index (χ3n) is 3.68. The van der Waals surface area contributed by atoms with Crippen molar-refractivity contribution in [2.45, 2.75) is 18.2 Å². The van der Waals surface area contributed by atoms with Crippen molar-refractivity contribution in [1.29, 1.82) is 0 Å². The largest absolute Gasteiger partial charge is 0.378 e. The van der Waals surface area contributed by atoms with Crippen LogP contribution in [-0.2, 0) is 14.9 Å². The molecular weight excluding hydrogens is 290 g/mol. The Hall–Kier alpha value is -1.15. The number of hydroxylamine groups is 2. The first kappa shape index (κ1) is 16.2. The number of hydrogen-bond acceptors (Lipinski definition) is 5. The minimum atomic E-state index is -3.39. The van der Waals surface area contributed by atoms with E-state index in [-0.39, 0.29) is 12.6 Å². The van der Waals surface area contributed by atoms with E-state index in [1.54, 1.807) is 19.0 Å². The molecule has 0 amide bonds. The van der Waals surface area contributed by atoms with Gasteiger partial charge in [-0.15, -0.1) is 0 Å². The first-order valence-electron chi connectivity index (χ1n) is 6.98. The normalized spacial score (nSPS) is 23.4. The highest BCUT2D eigenvalue weighted by Crippen LogP contribution is 2.33. The molecule has 0 unspecified atom stereocenters. The standard InChI is InChI=1S/C14H23N3O3S/c1-5-15-21(18,19)13-10-20-17(4)14(13)11-6-8-12(9-7-11)16(2)3/h6-9,13-15H,5,10H2,1-4H3/t13-,14-/m1/s1. The molecule has 0 aromatic heterocycles. The van der Waals surface area contributed by atoms with Crippen LogP contribution in [0.2, 0.25) is 0 Å². The third kappa shape index (κ3) is 3.37. The molecule has 1 aromatic rings. The molecule has 1 heterocycles. The number of sulfonamides is 1. The summed E-state index contributed by atoms with van der Waals surface area (Å²) in [7, 11) is 2.32. The smallest absolute Gasteiger partial charge is 0.218 e. The molecule has 1 aromatic carbocycles. The number of nitrogens with zero attached hydrogens (tertiary/aromatic N) is 2. The van der Waals surface area contributed by atoms with Crippen LogP contribution < -0.4 is 9.62 Å². The monoisotopic (exact) mass is 313 g/mol. The van der Waals surface area contributed by atoms with Crippen molar-refractivity contribution in [3.63, 3.8) is 0 Å². The van der Waals surface area contributed by atoms with E-state index in [1.807, 2.05) is 43.3 Å². The van der Waals surface area contributed by atoms with E-state index >= 15 is 0 Å². The van der Waals surface area contributed by atoms with Crippen molar-refractivity contribution in [2.75, 3.05) is 39.2 Å². The van der Waals surface area contributed by atoms with Crippen molar-refractivity contribution in [1.82, 2.24) is 9.79 Å². The Kier molecular flexibility index (Phi) is 4.88. The summed E-state index contributed by atoms with van der Waals surface area (Å²) < 4.78 is 27.2. The molecule has 21 heavy (non-hydrogen) atoms. The molecule has 0 aliphatic carbocycles. The van der Waals surface area contributed by atoms with E-state index in [0.717, 1.165) is 11.3 Å². The Labute approximate surface area is 126 Å². The highest BCUT2D eigenvalue weighted by Gasteiger charge is 2.42. The summed E-state index contributed by atoms with van der Waals surface area (Å²) >= 11 is 0. The van der Waals surface area contributed by atoms with Gasteiger partial charge in [0.05, 0.1) is 12.6 Å². The lowest BCUT2D eigenvalue weighted by Gasteiger charge is -2.23. The number of rotatable bonds is 5. The minimum Gasteiger partial charge on any atom is -0.378 e. The van der Waals surface area contributed by atoms with Crippen LogP contribution in [-0.4, -0.2) is 53.0 Å². The van der Waals surface area contributed by atoms with Gasteiger partial charge >= 0.3 is 0 Å². The lowest BCUT2D eigenvalue weighted by molar-refractivity contribution is -0.110. The average Bonchev–Trinajstić information content (AvgIpc) is 2.81. The third-order valence-corrected chi connectivity index (χ3v) is 5.56. The Morgan fingerprint density at radius 1 is 1.33 bits per heavy atom. The van der Waals surface area contributed by atoms with Crippen molar-refractivity contribution < 1.29 is 13.3 Å². The molecule has 1 aliphatic heterocycles. The topological polar surface area (TPSA) is 61.9 Å². The van der Waals surface area contributed by atoms with Gasteiger partial charge in [0.2, 0.25) is 10.0 Å². The minimum absolute atomic E-state index is 0.173.